The molecule has 0 radical (unpaired) electrons. The molecule has 1 aliphatic rings. The second-order valence-electron chi connectivity index (χ2n) is 5.71. The van der Waals surface area contributed by atoms with Crippen molar-refractivity contribution in [2.45, 2.75) is 13.5 Å². The van der Waals surface area contributed by atoms with Crippen molar-refractivity contribution in [3.8, 4) is 11.5 Å². The Balaban J connectivity index is 1.87. The second kappa shape index (κ2) is 8.26. The predicted octanol–water partition coefficient (Wildman–Crippen LogP) is 4.47. The molecule has 0 aliphatic carbocycles. The van der Waals surface area contributed by atoms with Crippen LogP contribution >= 0.6 is 11.8 Å². The van der Waals surface area contributed by atoms with E-state index in [9.17, 15) is 14.0 Å². The summed E-state index contributed by atoms with van der Waals surface area (Å²) in [5.41, 5.74) is 1.33. The SMILES string of the molecule is CCOc1c(/C=C2\SC(=O)N(Cc3ccc(F)cc3)C2=O)cccc1OC. The molecule has 2 aromatic rings. The Morgan fingerprint density at radius 2 is 1.89 bits per heavy atom. The molecule has 1 saturated heterocycles. The fourth-order valence-corrected chi connectivity index (χ4v) is 3.49. The highest BCUT2D eigenvalue weighted by atomic mass is 32.2. The Hall–Kier alpha value is -2.80. The number of rotatable bonds is 6. The smallest absolute Gasteiger partial charge is 0.293 e. The summed E-state index contributed by atoms with van der Waals surface area (Å²) < 4.78 is 24.0. The Kier molecular flexibility index (Phi) is 5.81. The van der Waals surface area contributed by atoms with E-state index in [-0.39, 0.29) is 23.5 Å². The maximum atomic E-state index is 13.0. The minimum atomic E-state index is -0.389. The predicted molar refractivity (Wildman–Crippen MR) is 102 cm³/mol. The standard InChI is InChI=1S/C20H18FNO4S/c1-3-26-18-14(5-4-6-16(18)25-2)11-17-19(23)22(20(24)27-17)12-13-7-9-15(21)10-8-13/h4-11H,3,12H2,1-2H3/b17-11-. The van der Waals surface area contributed by atoms with Gasteiger partial charge in [-0.25, -0.2) is 4.39 Å². The van der Waals surface area contributed by atoms with Crippen molar-refractivity contribution in [3.63, 3.8) is 0 Å². The second-order valence-corrected chi connectivity index (χ2v) is 6.70. The fourth-order valence-electron chi connectivity index (χ4n) is 2.66. The summed E-state index contributed by atoms with van der Waals surface area (Å²) in [5.74, 6) is 0.317. The molecule has 1 aliphatic heterocycles. The van der Waals surface area contributed by atoms with Crippen LogP contribution < -0.4 is 9.47 Å². The lowest BCUT2D eigenvalue weighted by molar-refractivity contribution is -0.123. The van der Waals surface area contributed by atoms with Crippen molar-refractivity contribution in [3.05, 3.63) is 64.3 Å². The monoisotopic (exact) mass is 387 g/mol. The number of para-hydroxylation sites is 1. The van der Waals surface area contributed by atoms with Crippen molar-refractivity contribution >= 4 is 29.0 Å². The number of hydrogen-bond acceptors (Lipinski definition) is 5. The molecule has 2 amide bonds. The molecule has 0 saturated carbocycles. The van der Waals surface area contributed by atoms with Crippen LogP contribution in [0, 0.1) is 5.82 Å². The van der Waals surface area contributed by atoms with Crippen molar-refractivity contribution in [2.24, 2.45) is 0 Å². The van der Waals surface area contributed by atoms with Crippen LogP contribution in [0.15, 0.2) is 47.4 Å². The Morgan fingerprint density at radius 1 is 1.15 bits per heavy atom. The maximum Gasteiger partial charge on any atom is 0.293 e. The van der Waals surface area contributed by atoms with E-state index in [1.54, 1.807) is 36.4 Å². The number of amides is 2. The number of carbonyl (C=O) groups is 2. The number of halogens is 1. The summed E-state index contributed by atoms with van der Waals surface area (Å²) in [6, 6.07) is 11.1. The van der Waals surface area contributed by atoms with E-state index in [0.29, 0.717) is 34.1 Å². The quantitative estimate of drug-likeness (QED) is 0.685. The molecule has 0 unspecified atom stereocenters. The van der Waals surface area contributed by atoms with Gasteiger partial charge >= 0.3 is 0 Å². The minimum absolute atomic E-state index is 0.0959. The lowest BCUT2D eigenvalue weighted by Crippen LogP contribution is -2.27. The van der Waals surface area contributed by atoms with Crippen LogP contribution in [0.1, 0.15) is 18.1 Å². The van der Waals surface area contributed by atoms with Gasteiger partial charge in [0.05, 0.1) is 25.2 Å². The summed E-state index contributed by atoms with van der Waals surface area (Å²) in [7, 11) is 1.54. The van der Waals surface area contributed by atoms with Gasteiger partial charge in [-0.2, -0.15) is 0 Å². The third-order valence-electron chi connectivity index (χ3n) is 3.93. The number of imide groups is 1. The van der Waals surface area contributed by atoms with E-state index in [1.165, 1.54) is 19.2 Å². The largest absolute Gasteiger partial charge is 0.493 e. The average Bonchev–Trinajstić information content (AvgIpc) is 2.92. The van der Waals surface area contributed by atoms with Crippen LogP contribution in [0.3, 0.4) is 0 Å². The molecule has 2 aromatic carbocycles. The van der Waals surface area contributed by atoms with Crippen LogP contribution in [0.2, 0.25) is 0 Å². The summed E-state index contributed by atoms with van der Waals surface area (Å²) in [4.78, 5) is 26.4. The zero-order valence-corrected chi connectivity index (χ0v) is 15.7. The molecule has 0 spiro atoms. The molecule has 0 bridgehead atoms. The number of nitrogens with zero attached hydrogens (tertiary/aromatic N) is 1. The number of hydrogen-bond donors (Lipinski definition) is 0. The fraction of sp³-hybridized carbons (Fsp3) is 0.200. The maximum absolute atomic E-state index is 13.0. The molecule has 27 heavy (non-hydrogen) atoms. The summed E-state index contributed by atoms with van der Waals surface area (Å²) >= 11 is 0.867. The first-order valence-corrected chi connectivity index (χ1v) is 9.14. The van der Waals surface area contributed by atoms with Gasteiger partial charge in [-0.3, -0.25) is 14.5 Å². The molecule has 3 rings (SSSR count). The number of thioether (sulfide) groups is 1. The van der Waals surface area contributed by atoms with Gasteiger partial charge < -0.3 is 9.47 Å². The first kappa shape index (κ1) is 19.0. The van der Waals surface area contributed by atoms with Gasteiger partial charge in [0.15, 0.2) is 11.5 Å². The molecular weight excluding hydrogens is 369 g/mol. The molecule has 7 heteroatoms. The molecule has 0 atom stereocenters. The summed E-state index contributed by atoms with van der Waals surface area (Å²) in [6.07, 6.45) is 1.63. The highest BCUT2D eigenvalue weighted by Crippen LogP contribution is 2.37. The topological polar surface area (TPSA) is 55.8 Å². The number of benzene rings is 2. The summed E-state index contributed by atoms with van der Waals surface area (Å²) in [5, 5.41) is -0.364. The molecule has 140 valence electrons. The first-order valence-electron chi connectivity index (χ1n) is 8.33. The molecule has 1 heterocycles. The Bertz CT molecular complexity index is 895. The van der Waals surface area contributed by atoms with Gasteiger partial charge in [-0.1, -0.05) is 24.3 Å². The van der Waals surface area contributed by atoms with Gasteiger partial charge in [0.1, 0.15) is 5.82 Å². The molecule has 1 fully saturated rings. The van der Waals surface area contributed by atoms with E-state index >= 15 is 0 Å². The van der Waals surface area contributed by atoms with Gasteiger partial charge in [0.2, 0.25) is 0 Å². The van der Waals surface area contributed by atoms with Crippen molar-refractivity contribution in [1.82, 2.24) is 4.90 Å². The molecule has 0 aromatic heterocycles. The van der Waals surface area contributed by atoms with E-state index in [1.807, 2.05) is 6.92 Å². The summed E-state index contributed by atoms with van der Waals surface area (Å²) in [6.45, 7) is 2.39. The Labute approximate surface area is 160 Å². The van der Waals surface area contributed by atoms with Crippen LogP contribution in [-0.2, 0) is 11.3 Å². The van der Waals surface area contributed by atoms with Crippen molar-refractivity contribution in [2.75, 3.05) is 13.7 Å². The van der Waals surface area contributed by atoms with Gasteiger partial charge in [-0.05, 0) is 48.5 Å². The number of carbonyl (C=O) groups excluding carboxylic acids is 2. The Morgan fingerprint density at radius 3 is 2.56 bits per heavy atom. The van der Waals surface area contributed by atoms with Gasteiger partial charge in [-0.15, -0.1) is 0 Å². The molecule has 0 N–H and O–H groups in total. The normalized spacial score (nSPS) is 15.5. The van der Waals surface area contributed by atoms with E-state index in [2.05, 4.69) is 0 Å². The lowest BCUT2D eigenvalue weighted by atomic mass is 10.1. The van der Waals surface area contributed by atoms with E-state index in [4.69, 9.17) is 9.47 Å². The van der Waals surface area contributed by atoms with Crippen molar-refractivity contribution < 1.29 is 23.5 Å². The van der Waals surface area contributed by atoms with Gasteiger partial charge in [0, 0.05) is 5.56 Å². The number of methoxy groups -OCH3 is 1. The van der Waals surface area contributed by atoms with E-state index in [0.717, 1.165) is 16.7 Å². The van der Waals surface area contributed by atoms with Crippen LogP contribution in [0.4, 0.5) is 9.18 Å². The first-order chi connectivity index (χ1) is 13.0. The number of ether oxygens (including phenoxy) is 2. The average molecular weight is 387 g/mol. The minimum Gasteiger partial charge on any atom is -0.493 e. The van der Waals surface area contributed by atoms with Crippen LogP contribution in [0.25, 0.3) is 6.08 Å². The lowest BCUT2D eigenvalue weighted by Gasteiger charge is -2.13. The zero-order chi connectivity index (χ0) is 19.4. The van der Waals surface area contributed by atoms with Crippen LogP contribution in [0.5, 0.6) is 11.5 Å². The zero-order valence-electron chi connectivity index (χ0n) is 14.9. The molecule has 5 nitrogen and oxygen atoms in total. The van der Waals surface area contributed by atoms with Crippen LogP contribution in [-0.4, -0.2) is 29.8 Å². The highest BCUT2D eigenvalue weighted by molar-refractivity contribution is 8.18. The third-order valence-corrected chi connectivity index (χ3v) is 4.84. The van der Waals surface area contributed by atoms with Crippen molar-refractivity contribution in [1.29, 1.82) is 0 Å². The third kappa shape index (κ3) is 4.14. The highest BCUT2D eigenvalue weighted by Gasteiger charge is 2.35. The van der Waals surface area contributed by atoms with Gasteiger partial charge in [0.25, 0.3) is 11.1 Å². The van der Waals surface area contributed by atoms with E-state index < -0.39 is 0 Å². The molecular formula is C20H18FNO4S.